The summed E-state index contributed by atoms with van der Waals surface area (Å²) < 4.78 is 41.7. The van der Waals surface area contributed by atoms with Crippen molar-refractivity contribution in [3.8, 4) is 5.69 Å². The van der Waals surface area contributed by atoms with E-state index in [0.29, 0.717) is 24.6 Å². The van der Waals surface area contributed by atoms with Crippen LogP contribution in [0, 0.1) is 5.82 Å². The molecule has 10 heteroatoms. The van der Waals surface area contributed by atoms with Crippen LogP contribution < -0.4 is 10.5 Å². The van der Waals surface area contributed by atoms with Crippen molar-refractivity contribution in [2.45, 2.75) is 4.90 Å². The third kappa shape index (κ3) is 3.96. The molecule has 0 spiro atoms. The lowest BCUT2D eigenvalue weighted by atomic mass is 10.3. The Morgan fingerprint density at radius 1 is 0.933 bits per heavy atom. The Bertz CT molecular complexity index is 1230. The van der Waals surface area contributed by atoms with Gasteiger partial charge in [-0.1, -0.05) is 29.8 Å². The van der Waals surface area contributed by atoms with Crippen molar-refractivity contribution in [3.05, 3.63) is 81.9 Å². The number of aromatic nitrogens is 2. The zero-order valence-corrected chi connectivity index (χ0v) is 17.4. The first-order valence-corrected chi connectivity index (χ1v) is 11.0. The maximum absolute atomic E-state index is 13.4. The van der Waals surface area contributed by atoms with E-state index in [-0.39, 0.29) is 28.6 Å². The number of para-hydroxylation sites is 1. The van der Waals surface area contributed by atoms with Crippen LogP contribution in [-0.4, -0.2) is 48.7 Å². The molecule has 0 saturated carbocycles. The molecule has 1 aliphatic rings. The van der Waals surface area contributed by atoms with E-state index in [0.717, 1.165) is 12.1 Å². The fraction of sp³-hybridized carbons (Fsp3) is 0.200. The molecular weight excluding hydrogens is 431 g/mol. The van der Waals surface area contributed by atoms with E-state index in [4.69, 9.17) is 11.6 Å². The molecule has 2 heterocycles. The van der Waals surface area contributed by atoms with Gasteiger partial charge in [-0.05, 0) is 36.4 Å². The van der Waals surface area contributed by atoms with Crippen LogP contribution in [0.5, 0.6) is 0 Å². The third-order valence-electron chi connectivity index (χ3n) is 4.88. The Hall–Kier alpha value is -2.75. The molecule has 1 aromatic heterocycles. The Morgan fingerprint density at radius 3 is 2.30 bits per heavy atom. The average molecular weight is 449 g/mol. The van der Waals surface area contributed by atoms with Crippen LogP contribution in [-0.2, 0) is 10.0 Å². The van der Waals surface area contributed by atoms with Crippen LogP contribution in [0.25, 0.3) is 5.69 Å². The predicted molar refractivity (Wildman–Crippen MR) is 112 cm³/mol. The summed E-state index contributed by atoms with van der Waals surface area (Å²) in [4.78, 5) is 14.1. The molecule has 0 radical (unpaired) electrons. The van der Waals surface area contributed by atoms with Gasteiger partial charge in [-0.15, -0.1) is 5.10 Å². The fourth-order valence-electron chi connectivity index (χ4n) is 3.27. The molecular formula is C20H18ClFN4O3S. The smallest absolute Gasteiger partial charge is 0.271 e. The van der Waals surface area contributed by atoms with Crippen molar-refractivity contribution >= 4 is 27.4 Å². The molecule has 0 N–H and O–H groups in total. The van der Waals surface area contributed by atoms with E-state index in [1.54, 1.807) is 18.2 Å². The number of benzene rings is 2. The molecule has 0 unspecified atom stereocenters. The highest BCUT2D eigenvalue weighted by Gasteiger charge is 2.29. The first-order valence-electron chi connectivity index (χ1n) is 9.22. The molecule has 30 heavy (non-hydrogen) atoms. The zero-order chi connectivity index (χ0) is 21.3. The number of anilines is 1. The molecule has 0 bridgehead atoms. The maximum atomic E-state index is 13.4. The average Bonchev–Trinajstić information content (AvgIpc) is 2.76. The Kier molecular flexibility index (Phi) is 5.59. The largest absolute Gasteiger partial charge is 0.353 e. The van der Waals surface area contributed by atoms with Gasteiger partial charge in [0.25, 0.3) is 5.56 Å². The van der Waals surface area contributed by atoms with Crippen molar-refractivity contribution in [1.29, 1.82) is 0 Å². The van der Waals surface area contributed by atoms with Crippen LogP contribution in [0.4, 0.5) is 10.2 Å². The molecule has 0 aliphatic carbocycles. The molecule has 1 aliphatic heterocycles. The van der Waals surface area contributed by atoms with Crippen molar-refractivity contribution in [1.82, 2.24) is 14.1 Å². The van der Waals surface area contributed by atoms with Gasteiger partial charge in [-0.2, -0.15) is 8.99 Å². The van der Waals surface area contributed by atoms with Crippen LogP contribution in [0.2, 0.25) is 5.02 Å². The third-order valence-corrected chi connectivity index (χ3v) is 7.06. The highest BCUT2D eigenvalue weighted by molar-refractivity contribution is 7.89. The Balaban J connectivity index is 1.52. The second kappa shape index (κ2) is 8.17. The molecule has 0 amide bonds. The number of hydrogen-bond donors (Lipinski definition) is 0. The van der Waals surface area contributed by atoms with E-state index in [1.807, 2.05) is 23.1 Å². The van der Waals surface area contributed by atoms with E-state index < -0.39 is 15.8 Å². The molecule has 4 rings (SSSR count). The number of halogens is 2. The Labute approximate surface area is 178 Å². The minimum atomic E-state index is -3.78. The van der Waals surface area contributed by atoms with Gasteiger partial charge in [0.1, 0.15) is 11.6 Å². The number of piperazine rings is 1. The number of nitrogens with zero attached hydrogens (tertiary/aromatic N) is 4. The topological polar surface area (TPSA) is 75.5 Å². The second-order valence-electron chi connectivity index (χ2n) is 6.74. The number of sulfonamides is 1. The summed E-state index contributed by atoms with van der Waals surface area (Å²) in [5, 5.41) is 4.20. The van der Waals surface area contributed by atoms with Crippen LogP contribution in [0.3, 0.4) is 0 Å². The van der Waals surface area contributed by atoms with Crippen LogP contribution >= 0.6 is 11.6 Å². The molecule has 3 aromatic rings. The van der Waals surface area contributed by atoms with Gasteiger partial charge >= 0.3 is 0 Å². The molecule has 156 valence electrons. The van der Waals surface area contributed by atoms with Gasteiger partial charge in [0.2, 0.25) is 10.0 Å². The maximum Gasteiger partial charge on any atom is 0.271 e. The van der Waals surface area contributed by atoms with E-state index in [1.165, 1.54) is 21.1 Å². The van der Waals surface area contributed by atoms with Crippen LogP contribution in [0.1, 0.15) is 0 Å². The minimum Gasteiger partial charge on any atom is -0.353 e. The van der Waals surface area contributed by atoms with E-state index >= 15 is 0 Å². The van der Waals surface area contributed by atoms with Gasteiger partial charge in [0, 0.05) is 32.2 Å². The SMILES string of the molecule is O=c1ccc(N2CCN(S(=O)(=O)c3ccc(F)c(Cl)c3)CC2)nn1-c1ccccc1. The second-order valence-corrected chi connectivity index (χ2v) is 9.09. The highest BCUT2D eigenvalue weighted by atomic mass is 35.5. The summed E-state index contributed by atoms with van der Waals surface area (Å²) in [5.41, 5.74) is 0.401. The molecule has 2 aromatic carbocycles. The normalized spacial score (nSPS) is 15.3. The summed E-state index contributed by atoms with van der Waals surface area (Å²) in [6, 6.07) is 15.5. The highest BCUT2D eigenvalue weighted by Crippen LogP contribution is 2.24. The predicted octanol–water partition coefficient (Wildman–Crippen LogP) is 2.54. The zero-order valence-electron chi connectivity index (χ0n) is 15.8. The molecule has 1 saturated heterocycles. The lowest BCUT2D eigenvalue weighted by molar-refractivity contribution is 0.383. The van der Waals surface area contributed by atoms with Gasteiger partial charge in [-0.25, -0.2) is 12.8 Å². The summed E-state index contributed by atoms with van der Waals surface area (Å²) in [6.07, 6.45) is 0. The number of hydrogen-bond acceptors (Lipinski definition) is 5. The van der Waals surface area contributed by atoms with Gasteiger partial charge in [-0.3, -0.25) is 4.79 Å². The summed E-state index contributed by atoms with van der Waals surface area (Å²) in [7, 11) is -3.78. The van der Waals surface area contributed by atoms with Crippen molar-refractivity contribution in [2.24, 2.45) is 0 Å². The monoisotopic (exact) mass is 448 g/mol. The summed E-state index contributed by atoms with van der Waals surface area (Å²) >= 11 is 5.74. The molecule has 1 fully saturated rings. The molecule has 7 nitrogen and oxygen atoms in total. The van der Waals surface area contributed by atoms with E-state index in [9.17, 15) is 17.6 Å². The van der Waals surface area contributed by atoms with Crippen LogP contribution in [0.15, 0.2) is 70.4 Å². The van der Waals surface area contributed by atoms with E-state index in [2.05, 4.69) is 5.10 Å². The summed E-state index contributed by atoms with van der Waals surface area (Å²) in [6.45, 7) is 1.25. The van der Waals surface area contributed by atoms with Gasteiger partial charge < -0.3 is 4.90 Å². The number of rotatable bonds is 4. The quantitative estimate of drug-likeness (QED) is 0.613. The Morgan fingerprint density at radius 2 is 1.63 bits per heavy atom. The van der Waals surface area contributed by atoms with Crippen molar-refractivity contribution in [2.75, 3.05) is 31.1 Å². The van der Waals surface area contributed by atoms with Crippen molar-refractivity contribution < 1.29 is 12.8 Å². The van der Waals surface area contributed by atoms with Crippen molar-refractivity contribution in [3.63, 3.8) is 0 Å². The van der Waals surface area contributed by atoms with Gasteiger partial charge in [0.05, 0.1) is 15.6 Å². The molecule has 0 atom stereocenters. The first kappa shape index (κ1) is 20.5. The lowest BCUT2D eigenvalue weighted by Crippen LogP contribution is -2.49. The standard InChI is InChI=1S/C20H18ClFN4O3S/c21-17-14-16(6-7-18(17)22)30(28,29)25-12-10-24(11-13-25)19-8-9-20(27)26(23-19)15-4-2-1-3-5-15/h1-9,14H,10-13H2. The van der Waals surface area contributed by atoms with Gasteiger partial charge in [0.15, 0.2) is 0 Å². The lowest BCUT2D eigenvalue weighted by Gasteiger charge is -2.34. The fourth-order valence-corrected chi connectivity index (χ4v) is 4.96. The minimum absolute atomic E-state index is 0.0434. The first-order chi connectivity index (χ1) is 14.4. The summed E-state index contributed by atoms with van der Waals surface area (Å²) in [5.74, 6) is -0.0830.